The average Bonchev–Trinajstić information content (AvgIpc) is 2.98. The third kappa shape index (κ3) is 19.7. The number of primary amides is 1. The maximum Gasteiger partial charge on any atom is 0.239 e. The molecule has 0 aliphatic rings. The van der Waals surface area contributed by atoms with Gasteiger partial charge in [0.2, 0.25) is 47.3 Å². The molecule has 0 aromatic carbocycles. The summed E-state index contributed by atoms with van der Waals surface area (Å²) in [5, 5.41) is 10.4. The van der Waals surface area contributed by atoms with Gasteiger partial charge in [0.1, 0.15) is 0 Å². The molecule has 45 heavy (non-hydrogen) atoms. The van der Waals surface area contributed by atoms with Crippen molar-refractivity contribution in [3.05, 3.63) is 0 Å². The molecule has 0 aliphatic carbocycles. The molecule has 252 valence electrons. The smallest absolute Gasteiger partial charge is 0.239 e. The number of hydrogen-bond acceptors (Lipinski definition) is 8. The Morgan fingerprint density at radius 1 is 0.533 bits per heavy atom. The Hall–Kier alpha value is -4.18. The summed E-state index contributed by atoms with van der Waals surface area (Å²) in [5.41, 5.74) is 5.18. The van der Waals surface area contributed by atoms with Crippen LogP contribution in [0.3, 0.4) is 0 Å². The molecular weight excluding hydrogens is 587 g/mol. The number of nitrogens with one attached hydrogen (secondary N) is 4. The molecule has 0 aliphatic heterocycles. The molecule has 6 N–H and O–H groups in total. The summed E-state index contributed by atoms with van der Waals surface area (Å²) in [6.07, 6.45) is 1.47. The van der Waals surface area contributed by atoms with Crippen molar-refractivity contribution in [2.45, 2.75) is 65.6 Å². The first-order valence-corrected chi connectivity index (χ1v) is 15.3. The highest BCUT2D eigenvalue weighted by atomic mass is 16.2. The van der Waals surface area contributed by atoms with Crippen LogP contribution in [0.2, 0.25) is 6.32 Å². The summed E-state index contributed by atoms with van der Waals surface area (Å²) in [4.78, 5) is 100. The number of hydrogen-bond donors (Lipinski definition) is 5. The van der Waals surface area contributed by atoms with Crippen molar-refractivity contribution in [2.24, 2.45) is 5.73 Å². The fourth-order valence-corrected chi connectivity index (χ4v) is 3.95. The molecule has 0 aromatic rings. The van der Waals surface area contributed by atoms with Gasteiger partial charge in [0.05, 0.1) is 27.5 Å². The molecule has 0 aromatic heterocycles. The lowest BCUT2D eigenvalue weighted by Gasteiger charge is -2.22. The number of carbonyl (C=O) groups excluding carboxylic acids is 8. The van der Waals surface area contributed by atoms with Crippen molar-refractivity contribution in [2.75, 3.05) is 65.4 Å². The van der Waals surface area contributed by atoms with Gasteiger partial charge in [0.25, 0.3) is 0 Å². The molecule has 0 rings (SSSR count). The first-order valence-electron chi connectivity index (χ1n) is 15.3. The highest BCUT2D eigenvalue weighted by molar-refractivity contribution is 6.19. The lowest BCUT2D eigenvalue weighted by Crippen LogP contribution is -2.45. The van der Waals surface area contributed by atoms with E-state index in [1.165, 1.54) is 14.7 Å². The van der Waals surface area contributed by atoms with Gasteiger partial charge < -0.3 is 41.7 Å². The van der Waals surface area contributed by atoms with E-state index < -0.39 is 23.6 Å². The van der Waals surface area contributed by atoms with Crippen molar-refractivity contribution in [3.8, 4) is 0 Å². The third-order valence-electron chi connectivity index (χ3n) is 6.31. The Kier molecular flexibility index (Phi) is 21.9. The van der Waals surface area contributed by atoms with E-state index in [1.807, 2.05) is 13.8 Å². The molecule has 0 fully saturated rings. The van der Waals surface area contributed by atoms with Crippen molar-refractivity contribution < 1.29 is 38.4 Å². The Morgan fingerprint density at radius 2 is 0.933 bits per heavy atom. The van der Waals surface area contributed by atoms with Crippen molar-refractivity contribution >= 4 is 55.1 Å². The number of rotatable bonds is 24. The van der Waals surface area contributed by atoms with Crippen LogP contribution in [0.5, 0.6) is 0 Å². The fourth-order valence-electron chi connectivity index (χ4n) is 3.95. The molecule has 0 bridgehead atoms. The van der Waals surface area contributed by atoms with E-state index in [0.717, 1.165) is 0 Å². The summed E-state index contributed by atoms with van der Waals surface area (Å²) >= 11 is 0. The van der Waals surface area contributed by atoms with Gasteiger partial charge >= 0.3 is 0 Å². The van der Waals surface area contributed by atoms with Crippen LogP contribution in [0.1, 0.15) is 59.3 Å². The van der Waals surface area contributed by atoms with Gasteiger partial charge in [0.15, 0.2) is 0 Å². The predicted molar refractivity (Wildman–Crippen MR) is 166 cm³/mol. The van der Waals surface area contributed by atoms with Crippen LogP contribution in [-0.2, 0) is 38.4 Å². The Balaban J connectivity index is 4.44. The lowest BCUT2D eigenvalue weighted by molar-refractivity contribution is -0.136. The minimum absolute atomic E-state index is 0.00555. The second-order valence-corrected chi connectivity index (χ2v) is 10.1. The first kappa shape index (κ1) is 40.8. The van der Waals surface area contributed by atoms with Crippen molar-refractivity contribution in [1.82, 2.24) is 36.0 Å². The van der Waals surface area contributed by atoms with Gasteiger partial charge in [-0.05, 0) is 26.1 Å². The van der Waals surface area contributed by atoms with E-state index in [1.54, 1.807) is 6.92 Å². The fraction of sp³-hybridized carbons (Fsp3) is 0.714. The van der Waals surface area contributed by atoms with Crippen LogP contribution in [-0.4, -0.2) is 135 Å². The highest BCUT2D eigenvalue weighted by Crippen LogP contribution is 1.99. The topological polar surface area (TPSA) is 220 Å². The molecule has 16 nitrogen and oxygen atoms in total. The van der Waals surface area contributed by atoms with Crippen molar-refractivity contribution in [3.63, 3.8) is 0 Å². The van der Waals surface area contributed by atoms with E-state index in [2.05, 4.69) is 21.3 Å². The summed E-state index contributed by atoms with van der Waals surface area (Å²) in [6, 6.07) is 0. The molecule has 8 amide bonds. The lowest BCUT2D eigenvalue weighted by atomic mass is 10.0. The summed E-state index contributed by atoms with van der Waals surface area (Å²) < 4.78 is 0. The van der Waals surface area contributed by atoms with Gasteiger partial charge in [-0.1, -0.05) is 13.8 Å². The highest BCUT2D eigenvalue weighted by Gasteiger charge is 2.18. The summed E-state index contributed by atoms with van der Waals surface area (Å²) in [5.74, 6) is -3.20. The monoisotopic (exact) mass is 636 g/mol. The van der Waals surface area contributed by atoms with Crippen molar-refractivity contribution in [1.29, 1.82) is 0 Å². The van der Waals surface area contributed by atoms with Gasteiger partial charge in [-0.25, -0.2) is 0 Å². The Labute approximate surface area is 266 Å². The maximum absolute atomic E-state index is 12.4. The molecule has 2 radical (unpaired) electrons. The second-order valence-electron chi connectivity index (χ2n) is 10.1. The van der Waals surface area contributed by atoms with Gasteiger partial charge in [-0.15, -0.1) is 0 Å². The van der Waals surface area contributed by atoms with Gasteiger partial charge in [-0.2, -0.15) is 0 Å². The number of nitrogens with two attached hydrogens (primary N) is 1. The zero-order chi connectivity index (χ0) is 34.2. The first-order chi connectivity index (χ1) is 21.4. The number of amides is 8. The maximum atomic E-state index is 12.4. The number of likely N-dealkylation sites (N-methyl/N-ethyl adjacent to an activating group) is 1. The molecule has 17 heteroatoms. The molecule has 0 unspecified atom stereocenters. The zero-order valence-corrected chi connectivity index (χ0v) is 26.8. The minimum atomic E-state index is -0.656. The second kappa shape index (κ2) is 24.2. The molecule has 0 saturated heterocycles. The summed E-state index contributed by atoms with van der Waals surface area (Å²) in [7, 11) is 5.45. The van der Waals surface area contributed by atoms with E-state index in [9.17, 15) is 38.4 Å². The van der Waals surface area contributed by atoms with Crippen LogP contribution in [0.25, 0.3) is 0 Å². The van der Waals surface area contributed by atoms with Crippen LogP contribution < -0.4 is 27.0 Å². The van der Waals surface area contributed by atoms with E-state index >= 15 is 0 Å². The molecule has 0 atom stereocenters. The third-order valence-corrected chi connectivity index (χ3v) is 6.31. The zero-order valence-electron chi connectivity index (χ0n) is 26.8. The average molecular weight is 637 g/mol. The minimum Gasteiger partial charge on any atom is -0.368 e. The van der Waals surface area contributed by atoms with Gasteiger partial charge in [0, 0.05) is 71.5 Å². The largest absolute Gasteiger partial charge is 0.368 e. The normalized spacial score (nSPS) is 10.3. The standard InChI is InChI=1S/C28H49BN8O8/c1-4-7-26(43)35(6-3)19-24(41)31-11-9-23(40)34-14-16-37(28(45)17-29)20-25(42)32-12-10-22(39)33-13-15-36(18-21(30)38)27(44)8-5-2/h4-20H2,1-3H3,(H2,30,38)(H,31,41)(H,32,42)(H,33,39)(H,34,40). The van der Waals surface area contributed by atoms with Crippen LogP contribution >= 0.6 is 0 Å². The van der Waals surface area contributed by atoms with E-state index in [0.29, 0.717) is 25.8 Å². The number of carbonyl (C=O) groups is 8. The molecule has 0 heterocycles. The quantitative estimate of drug-likeness (QED) is 0.0706. The molecular formula is C28H49BN8O8. The van der Waals surface area contributed by atoms with Crippen LogP contribution in [0.15, 0.2) is 0 Å². The van der Waals surface area contributed by atoms with Crippen LogP contribution in [0.4, 0.5) is 0 Å². The Bertz CT molecular complexity index is 1010. The van der Waals surface area contributed by atoms with Gasteiger partial charge in [-0.3, -0.25) is 38.4 Å². The van der Waals surface area contributed by atoms with E-state index in [4.69, 9.17) is 13.6 Å². The number of nitrogens with zero attached hydrogens (tertiary/aromatic N) is 3. The SMILES string of the molecule is [B]CC(=O)N(CCNC(=O)CCNC(=O)CN(CC)C(=O)CCC)CC(=O)NCCC(=O)NCCN(CC(N)=O)C(=O)CCC. The summed E-state index contributed by atoms with van der Waals surface area (Å²) in [6.45, 7) is 5.53. The molecule has 0 saturated carbocycles. The molecule has 0 spiro atoms. The van der Waals surface area contributed by atoms with Crippen LogP contribution in [0, 0.1) is 0 Å². The predicted octanol–water partition coefficient (Wildman–Crippen LogP) is -2.59. The van der Waals surface area contributed by atoms with E-state index in [-0.39, 0.29) is 108 Å². The Morgan fingerprint density at radius 3 is 1.33 bits per heavy atom.